The third kappa shape index (κ3) is 17.3. The van der Waals surface area contributed by atoms with Crippen LogP contribution in [0.4, 0.5) is 0 Å². The molecule has 30 heavy (non-hydrogen) atoms. The first-order valence-electron chi connectivity index (χ1n) is 10.8. The van der Waals surface area contributed by atoms with Crippen LogP contribution in [0.3, 0.4) is 0 Å². The largest absolute Gasteiger partial charge is 0.482 e. The number of carbonyl (C=O) groups excluding carboxylic acids is 1. The van der Waals surface area contributed by atoms with Crippen LogP contribution in [0.5, 0.6) is 0 Å². The Morgan fingerprint density at radius 2 is 1.27 bits per heavy atom. The van der Waals surface area contributed by atoms with Crippen molar-refractivity contribution >= 4 is 5.97 Å². The summed E-state index contributed by atoms with van der Waals surface area (Å²) < 4.78 is 16.3. The fourth-order valence-electron chi connectivity index (χ4n) is 1.80. The molecule has 0 aliphatic rings. The molecule has 0 saturated carbocycles. The molecule has 9 nitrogen and oxygen atoms in total. The second-order valence-electron chi connectivity index (χ2n) is 6.45. The molecule has 0 rings (SSSR count). The van der Waals surface area contributed by atoms with Crippen molar-refractivity contribution in [2.75, 3.05) is 46.2 Å². The fourth-order valence-corrected chi connectivity index (χ4v) is 1.80. The van der Waals surface area contributed by atoms with Gasteiger partial charge in [-0.1, -0.05) is 27.7 Å². The van der Waals surface area contributed by atoms with Crippen LogP contribution in [0.1, 0.15) is 66.2 Å². The Hall–Kier alpha value is -1.55. The van der Waals surface area contributed by atoms with E-state index in [-0.39, 0.29) is 37.4 Å². The number of aliphatic hydroxyl groups is 3. The molecule has 0 spiro atoms. The molecule has 0 aromatic heterocycles. The molecule has 0 heterocycles. The first-order chi connectivity index (χ1) is 14.6. The summed E-state index contributed by atoms with van der Waals surface area (Å²) in [5.41, 5.74) is 0. The molecule has 180 valence electrons. The zero-order chi connectivity index (χ0) is 23.0. The summed E-state index contributed by atoms with van der Waals surface area (Å²) in [4.78, 5) is 21.5. The third-order valence-electron chi connectivity index (χ3n) is 3.40. The lowest BCUT2D eigenvalue weighted by Gasteiger charge is -2.15. The van der Waals surface area contributed by atoms with Crippen LogP contribution < -0.4 is 0 Å². The molecule has 0 saturated heterocycles. The summed E-state index contributed by atoms with van der Waals surface area (Å²) in [6.07, 6.45) is 4.44. The summed E-state index contributed by atoms with van der Waals surface area (Å²) in [6.45, 7) is 9.50. The van der Waals surface area contributed by atoms with Gasteiger partial charge in [-0.15, -0.1) is 0 Å². The van der Waals surface area contributed by atoms with E-state index in [1.807, 2.05) is 27.7 Å². The smallest absolute Gasteiger partial charge is 0.414 e. The lowest BCUT2D eigenvalue weighted by atomic mass is 10.1. The minimum Gasteiger partial charge on any atom is -0.482 e. The topological polar surface area (TPSA) is 124 Å². The number of aliphatic hydroxyl groups excluding tert-OH is 3. The fraction of sp³-hybridized carbons (Fsp3) is 0.857. The Morgan fingerprint density at radius 1 is 0.767 bits per heavy atom. The summed E-state index contributed by atoms with van der Waals surface area (Å²) in [5.74, 6) is -0.789. The quantitative estimate of drug-likeness (QED) is 0.0974. The summed E-state index contributed by atoms with van der Waals surface area (Å²) in [6, 6.07) is 0. The van der Waals surface area contributed by atoms with Gasteiger partial charge in [0.25, 0.3) is 5.76 Å². The van der Waals surface area contributed by atoms with Crippen molar-refractivity contribution in [2.45, 2.75) is 66.2 Å². The molecule has 0 unspecified atom stereocenters. The number of ether oxygens (including phenoxy) is 3. The summed E-state index contributed by atoms with van der Waals surface area (Å²) in [5, 5.41) is 25.4. The molecule has 0 aliphatic carbocycles. The van der Waals surface area contributed by atoms with Crippen LogP contribution in [-0.2, 0) is 28.8 Å². The Labute approximate surface area is 180 Å². The maximum atomic E-state index is 12.0. The van der Waals surface area contributed by atoms with Gasteiger partial charge in [0.2, 0.25) is 0 Å². The van der Waals surface area contributed by atoms with Crippen molar-refractivity contribution in [2.24, 2.45) is 5.92 Å². The molecule has 0 amide bonds. The molecule has 3 N–H and O–H groups in total. The van der Waals surface area contributed by atoms with E-state index < -0.39 is 5.97 Å². The summed E-state index contributed by atoms with van der Waals surface area (Å²) >= 11 is 0. The molecule has 0 radical (unpaired) electrons. The van der Waals surface area contributed by atoms with E-state index in [2.05, 4.69) is 0 Å². The maximum Gasteiger partial charge on any atom is 0.414 e. The zero-order valence-corrected chi connectivity index (χ0v) is 19.1. The maximum absolute atomic E-state index is 12.0. The van der Waals surface area contributed by atoms with E-state index in [4.69, 9.17) is 39.3 Å². The third-order valence-corrected chi connectivity index (χ3v) is 3.40. The van der Waals surface area contributed by atoms with Crippen molar-refractivity contribution in [3.63, 3.8) is 0 Å². The van der Waals surface area contributed by atoms with Gasteiger partial charge in [-0.2, -0.15) is 4.89 Å². The molecule has 0 aliphatic heterocycles. The van der Waals surface area contributed by atoms with Crippen molar-refractivity contribution < 1.29 is 44.1 Å². The van der Waals surface area contributed by atoms with Crippen LogP contribution in [0.2, 0.25) is 0 Å². The van der Waals surface area contributed by atoms with Gasteiger partial charge >= 0.3 is 11.9 Å². The predicted octanol–water partition coefficient (Wildman–Crippen LogP) is 2.68. The van der Waals surface area contributed by atoms with Crippen LogP contribution in [-0.4, -0.2) is 67.5 Å². The number of rotatable bonds is 18. The zero-order valence-electron chi connectivity index (χ0n) is 19.1. The van der Waals surface area contributed by atoms with Crippen molar-refractivity contribution in [3.05, 3.63) is 11.7 Å². The number of carbonyl (C=O) groups is 1. The van der Waals surface area contributed by atoms with Gasteiger partial charge in [0.05, 0.1) is 26.4 Å². The molecule has 9 heteroatoms. The molecular weight excluding hydrogens is 396 g/mol. The van der Waals surface area contributed by atoms with Crippen LogP contribution in [0.15, 0.2) is 11.7 Å². The van der Waals surface area contributed by atoms with Crippen molar-refractivity contribution in [3.8, 4) is 0 Å². The second-order valence-corrected chi connectivity index (χ2v) is 6.45. The first-order valence-corrected chi connectivity index (χ1v) is 10.8. The predicted molar refractivity (Wildman–Crippen MR) is 112 cm³/mol. The average molecular weight is 439 g/mol. The first kappa shape index (κ1) is 30.6. The normalized spacial score (nSPS) is 10.1. The molecule has 0 atom stereocenters. The highest BCUT2D eigenvalue weighted by molar-refractivity contribution is 5.86. The highest BCUT2D eigenvalue weighted by Gasteiger charge is 2.24. The Kier molecular flexibility index (Phi) is 24.2. The Balaban J connectivity index is 0. The lowest BCUT2D eigenvalue weighted by Crippen LogP contribution is -2.17. The van der Waals surface area contributed by atoms with Gasteiger partial charge in [0, 0.05) is 25.7 Å². The number of hydrogen-bond donors (Lipinski definition) is 3. The van der Waals surface area contributed by atoms with Gasteiger partial charge in [-0.3, -0.25) is 4.89 Å². The van der Waals surface area contributed by atoms with Gasteiger partial charge in [-0.25, -0.2) is 4.79 Å². The molecular formula is C21H42O9. The standard InChI is InChI=1S/C15H28O6.C6H14O3/c1-5-9-17-13(14(16)21-20-12-8-4)15(18-10-6-2)19-11-7-3;7-3-1-2-6(4-8)5-9/h5-12H2,1-4H3;6-9H,1-5H2. The lowest BCUT2D eigenvalue weighted by molar-refractivity contribution is -0.271. The molecule has 0 fully saturated rings. The van der Waals surface area contributed by atoms with E-state index in [1.54, 1.807) is 0 Å². The minimum absolute atomic E-state index is 0.0104. The van der Waals surface area contributed by atoms with E-state index in [0.717, 1.165) is 25.7 Å². The Morgan fingerprint density at radius 3 is 1.70 bits per heavy atom. The van der Waals surface area contributed by atoms with Gasteiger partial charge in [0.1, 0.15) is 0 Å². The molecule has 0 aromatic carbocycles. The van der Waals surface area contributed by atoms with Gasteiger partial charge in [-0.05, 0) is 38.5 Å². The minimum atomic E-state index is -0.737. The average Bonchev–Trinajstić information content (AvgIpc) is 2.76. The van der Waals surface area contributed by atoms with Crippen LogP contribution in [0, 0.1) is 5.92 Å². The van der Waals surface area contributed by atoms with E-state index in [1.165, 1.54) is 0 Å². The van der Waals surface area contributed by atoms with Crippen molar-refractivity contribution in [1.29, 1.82) is 0 Å². The highest BCUT2D eigenvalue weighted by atomic mass is 17.2. The van der Waals surface area contributed by atoms with E-state index in [9.17, 15) is 4.79 Å². The van der Waals surface area contributed by atoms with Crippen molar-refractivity contribution in [1.82, 2.24) is 0 Å². The van der Waals surface area contributed by atoms with Gasteiger partial charge < -0.3 is 29.5 Å². The van der Waals surface area contributed by atoms with Gasteiger partial charge in [0.15, 0.2) is 0 Å². The van der Waals surface area contributed by atoms with E-state index in [0.29, 0.717) is 39.3 Å². The molecule has 0 aromatic rings. The van der Waals surface area contributed by atoms with Crippen LogP contribution in [0.25, 0.3) is 0 Å². The second kappa shape index (κ2) is 23.7. The summed E-state index contributed by atoms with van der Waals surface area (Å²) in [7, 11) is 0. The SMILES string of the molecule is CCCOOC(=O)C(OCCC)=C(OCCC)OCCC.OCCCC(CO)CO. The van der Waals surface area contributed by atoms with E-state index >= 15 is 0 Å². The van der Waals surface area contributed by atoms with Crippen LogP contribution >= 0.6 is 0 Å². The number of hydrogen-bond acceptors (Lipinski definition) is 9. The molecule has 0 bridgehead atoms. The monoisotopic (exact) mass is 438 g/mol. The highest BCUT2D eigenvalue weighted by Crippen LogP contribution is 2.14. The Bertz CT molecular complexity index is 399.